The molecule has 0 amide bonds. The first kappa shape index (κ1) is 34.3. The molecule has 3 heterocycles. The number of fused-ring (bicyclic) bond motifs is 5. The number of para-hydroxylation sites is 3. The standard InChI is InChI=1S/C55H36N4/c1-5-17-37(18-6-1)42-33-43(38-19-7-2-8-20-38)35-44(34-42)50-36-49(39-21-9-3-10-22-39)57-55(58-50)41-31-29-40(30-32-41)53-52-47-26-14-16-28-51(47)59(45-23-11-4-12-24-45)54(52)46-25-13-15-27-48(46)56-53/h1-36H. The second-order valence-corrected chi connectivity index (χ2v) is 14.8. The molecule has 59 heavy (non-hydrogen) atoms. The van der Waals surface area contributed by atoms with E-state index in [1.165, 1.54) is 5.39 Å². The molecule has 4 nitrogen and oxygen atoms in total. The molecular weight excluding hydrogens is 717 g/mol. The van der Waals surface area contributed by atoms with E-state index in [9.17, 15) is 0 Å². The van der Waals surface area contributed by atoms with Crippen LogP contribution in [0.2, 0.25) is 0 Å². The lowest BCUT2D eigenvalue weighted by Crippen LogP contribution is -1.97. The van der Waals surface area contributed by atoms with E-state index in [1.54, 1.807) is 0 Å². The average molecular weight is 753 g/mol. The summed E-state index contributed by atoms with van der Waals surface area (Å²) in [7, 11) is 0. The van der Waals surface area contributed by atoms with Crippen molar-refractivity contribution in [3.05, 3.63) is 218 Å². The zero-order valence-electron chi connectivity index (χ0n) is 32.1. The van der Waals surface area contributed by atoms with Gasteiger partial charge >= 0.3 is 0 Å². The number of benzene rings is 8. The van der Waals surface area contributed by atoms with E-state index in [4.69, 9.17) is 15.0 Å². The molecule has 0 radical (unpaired) electrons. The minimum Gasteiger partial charge on any atom is -0.308 e. The van der Waals surface area contributed by atoms with Gasteiger partial charge in [0.2, 0.25) is 0 Å². The number of nitrogens with zero attached hydrogens (tertiary/aromatic N) is 4. The highest BCUT2D eigenvalue weighted by molar-refractivity contribution is 6.22. The molecule has 0 N–H and O–H groups in total. The van der Waals surface area contributed by atoms with Crippen molar-refractivity contribution >= 4 is 32.7 Å². The topological polar surface area (TPSA) is 43.6 Å². The van der Waals surface area contributed by atoms with Crippen molar-refractivity contribution in [1.82, 2.24) is 19.5 Å². The normalized spacial score (nSPS) is 11.4. The van der Waals surface area contributed by atoms with Crippen LogP contribution in [0.25, 0.3) is 106 Å². The third-order valence-electron chi connectivity index (χ3n) is 11.2. The Labute approximate surface area is 342 Å². The summed E-state index contributed by atoms with van der Waals surface area (Å²) in [4.78, 5) is 15.9. The molecule has 0 saturated heterocycles. The third kappa shape index (κ3) is 6.24. The van der Waals surface area contributed by atoms with Crippen molar-refractivity contribution in [3.63, 3.8) is 0 Å². The number of hydrogen-bond donors (Lipinski definition) is 0. The number of rotatable bonds is 7. The van der Waals surface area contributed by atoms with Gasteiger partial charge in [-0.1, -0.05) is 170 Å². The van der Waals surface area contributed by atoms with E-state index in [-0.39, 0.29) is 0 Å². The van der Waals surface area contributed by atoms with Crippen LogP contribution >= 0.6 is 0 Å². The fourth-order valence-electron chi connectivity index (χ4n) is 8.36. The largest absolute Gasteiger partial charge is 0.308 e. The fraction of sp³-hybridized carbons (Fsp3) is 0. The Morgan fingerprint density at radius 3 is 1.46 bits per heavy atom. The third-order valence-corrected chi connectivity index (χ3v) is 11.2. The predicted molar refractivity (Wildman–Crippen MR) is 244 cm³/mol. The second-order valence-electron chi connectivity index (χ2n) is 14.8. The summed E-state index contributed by atoms with van der Waals surface area (Å²) in [5, 5.41) is 3.42. The summed E-state index contributed by atoms with van der Waals surface area (Å²) in [6, 6.07) is 76.7. The van der Waals surface area contributed by atoms with E-state index in [0.717, 1.165) is 94.6 Å². The van der Waals surface area contributed by atoms with Crippen molar-refractivity contribution in [1.29, 1.82) is 0 Å². The van der Waals surface area contributed by atoms with Crippen molar-refractivity contribution < 1.29 is 0 Å². The van der Waals surface area contributed by atoms with E-state index < -0.39 is 0 Å². The van der Waals surface area contributed by atoms with Crippen LogP contribution in [-0.4, -0.2) is 19.5 Å². The summed E-state index contributed by atoms with van der Waals surface area (Å²) in [5.41, 5.74) is 15.7. The Morgan fingerprint density at radius 2 is 0.814 bits per heavy atom. The summed E-state index contributed by atoms with van der Waals surface area (Å²) in [6.07, 6.45) is 0. The average Bonchev–Trinajstić information content (AvgIpc) is 3.68. The molecule has 8 aromatic carbocycles. The number of pyridine rings is 1. The molecule has 0 fully saturated rings. The van der Waals surface area contributed by atoms with Gasteiger partial charge in [0.05, 0.1) is 33.6 Å². The molecule has 3 aromatic heterocycles. The van der Waals surface area contributed by atoms with Crippen LogP contribution in [0.1, 0.15) is 0 Å². The highest BCUT2D eigenvalue weighted by atomic mass is 15.0. The van der Waals surface area contributed by atoms with Gasteiger partial charge in [0.25, 0.3) is 0 Å². The fourth-order valence-corrected chi connectivity index (χ4v) is 8.36. The first-order valence-corrected chi connectivity index (χ1v) is 19.9. The molecule has 276 valence electrons. The van der Waals surface area contributed by atoms with Crippen LogP contribution in [0.15, 0.2) is 218 Å². The van der Waals surface area contributed by atoms with Crippen molar-refractivity contribution in [3.8, 4) is 73.1 Å². The Bertz CT molecular complexity index is 3230. The first-order chi connectivity index (χ1) is 29.2. The summed E-state index contributed by atoms with van der Waals surface area (Å²) < 4.78 is 2.38. The summed E-state index contributed by atoms with van der Waals surface area (Å²) >= 11 is 0. The highest BCUT2D eigenvalue weighted by Crippen LogP contribution is 2.42. The zero-order chi connectivity index (χ0) is 39.1. The van der Waals surface area contributed by atoms with Gasteiger partial charge in [0.15, 0.2) is 5.82 Å². The van der Waals surface area contributed by atoms with Gasteiger partial charge < -0.3 is 4.57 Å². The molecule has 11 rings (SSSR count). The molecule has 0 aliphatic rings. The highest BCUT2D eigenvalue weighted by Gasteiger charge is 2.21. The molecular formula is C55H36N4. The van der Waals surface area contributed by atoms with Crippen LogP contribution in [0, 0.1) is 0 Å². The van der Waals surface area contributed by atoms with Crippen LogP contribution in [0.5, 0.6) is 0 Å². The molecule has 4 heteroatoms. The minimum atomic E-state index is 0.663. The molecule has 0 unspecified atom stereocenters. The zero-order valence-corrected chi connectivity index (χ0v) is 32.1. The molecule has 0 saturated carbocycles. The molecule has 0 spiro atoms. The molecule has 0 aliphatic heterocycles. The van der Waals surface area contributed by atoms with Crippen LogP contribution in [-0.2, 0) is 0 Å². The smallest absolute Gasteiger partial charge is 0.160 e. The maximum Gasteiger partial charge on any atom is 0.160 e. The summed E-state index contributed by atoms with van der Waals surface area (Å²) in [6.45, 7) is 0. The van der Waals surface area contributed by atoms with Gasteiger partial charge in [0, 0.05) is 44.1 Å². The lowest BCUT2D eigenvalue weighted by molar-refractivity contribution is 1.18. The molecule has 0 aliphatic carbocycles. The quantitative estimate of drug-likeness (QED) is 0.163. The monoisotopic (exact) mass is 752 g/mol. The van der Waals surface area contributed by atoms with Gasteiger partial charge in [-0.25, -0.2) is 15.0 Å². The lowest BCUT2D eigenvalue weighted by Gasteiger charge is -2.14. The maximum atomic E-state index is 5.36. The van der Waals surface area contributed by atoms with Gasteiger partial charge in [-0.2, -0.15) is 0 Å². The van der Waals surface area contributed by atoms with E-state index in [1.807, 2.05) is 6.07 Å². The first-order valence-electron chi connectivity index (χ1n) is 19.9. The number of aromatic nitrogens is 4. The van der Waals surface area contributed by atoms with Crippen LogP contribution < -0.4 is 0 Å². The van der Waals surface area contributed by atoms with E-state index in [2.05, 4.69) is 217 Å². The van der Waals surface area contributed by atoms with Gasteiger partial charge in [-0.3, -0.25) is 0 Å². The molecule has 11 aromatic rings. The van der Waals surface area contributed by atoms with Crippen LogP contribution in [0.3, 0.4) is 0 Å². The Morgan fingerprint density at radius 1 is 0.322 bits per heavy atom. The lowest BCUT2D eigenvalue weighted by atomic mass is 9.94. The Balaban J connectivity index is 1.09. The van der Waals surface area contributed by atoms with E-state index >= 15 is 0 Å². The molecule has 0 atom stereocenters. The van der Waals surface area contributed by atoms with Gasteiger partial charge in [0.1, 0.15) is 0 Å². The van der Waals surface area contributed by atoms with Crippen molar-refractivity contribution in [2.24, 2.45) is 0 Å². The maximum absolute atomic E-state index is 5.36. The SMILES string of the molecule is c1ccc(-c2cc(-c3ccccc3)cc(-c3cc(-c4ccccc4)nc(-c4ccc(-c5nc6ccccc6c6c5c5ccccc5n6-c5ccccc5)cc4)n3)c2)cc1. The van der Waals surface area contributed by atoms with Crippen LogP contribution in [0.4, 0.5) is 0 Å². The van der Waals surface area contributed by atoms with Crippen molar-refractivity contribution in [2.75, 3.05) is 0 Å². The second kappa shape index (κ2) is 14.5. The van der Waals surface area contributed by atoms with Crippen molar-refractivity contribution in [2.45, 2.75) is 0 Å². The van der Waals surface area contributed by atoms with Gasteiger partial charge in [-0.05, 0) is 70.8 Å². The predicted octanol–water partition coefficient (Wildman–Crippen LogP) is 14.1. The number of hydrogen-bond acceptors (Lipinski definition) is 3. The minimum absolute atomic E-state index is 0.663. The van der Waals surface area contributed by atoms with Gasteiger partial charge in [-0.15, -0.1) is 0 Å². The Hall–Kier alpha value is -7.95. The summed E-state index contributed by atoms with van der Waals surface area (Å²) in [5.74, 6) is 0.663. The Kier molecular flexibility index (Phi) is 8.45. The molecule has 0 bridgehead atoms. The van der Waals surface area contributed by atoms with E-state index in [0.29, 0.717) is 5.82 Å².